The molecule has 1 nitrogen and oxygen atoms in total. The third-order valence-electron chi connectivity index (χ3n) is 7.32. The lowest BCUT2D eigenvalue weighted by atomic mass is 9.63. The summed E-state index contributed by atoms with van der Waals surface area (Å²) in [7, 11) is 0. The molecule has 148 valence electrons. The van der Waals surface area contributed by atoms with E-state index in [0.717, 1.165) is 30.2 Å². The summed E-state index contributed by atoms with van der Waals surface area (Å²) in [4.78, 5) is 0. The van der Waals surface area contributed by atoms with Crippen molar-refractivity contribution in [3.05, 3.63) is 47.0 Å². The van der Waals surface area contributed by atoms with E-state index in [9.17, 15) is 14.0 Å². The maximum Gasteiger partial charge on any atom is 0.152 e. The second kappa shape index (κ2) is 8.19. The smallest absolute Gasteiger partial charge is 0.152 e. The molecule has 4 atom stereocenters. The summed E-state index contributed by atoms with van der Waals surface area (Å²) < 4.78 is 29.1. The normalized spacial score (nSPS) is 27.4. The highest BCUT2D eigenvalue weighted by atomic mass is 19.1. The Hall–Kier alpha value is -1.95. The van der Waals surface area contributed by atoms with Crippen LogP contribution in [0.3, 0.4) is 0 Å². The zero-order valence-corrected chi connectivity index (χ0v) is 16.7. The maximum atomic E-state index is 15.0. The van der Waals surface area contributed by atoms with Crippen molar-refractivity contribution in [1.29, 1.82) is 5.26 Å². The van der Waals surface area contributed by atoms with E-state index < -0.39 is 11.6 Å². The van der Waals surface area contributed by atoms with Gasteiger partial charge in [-0.1, -0.05) is 44.7 Å². The van der Waals surface area contributed by atoms with Gasteiger partial charge in [-0.15, -0.1) is 0 Å². The molecule has 0 N–H and O–H groups in total. The van der Waals surface area contributed by atoms with Crippen LogP contribution in [0.25, 0.3) is 10.8 Å². The molecular formula is C25H29F2N. The highest BCUT2D eigenvalue weighted by Crippen LogP contribution is 2.49. The zero-order chi connectivity index (χ0) is 19.7. The first-order chi connectivity index (χ1) is 13.6. The molecule has 0 aliphatic heterocycles. The lowest BCUT2D eigenvalue weighted by Gasteiger charge is -2.42. The average molecular weight is 382 g/mol. The minimum absolute atomic E-state index is 0.0482. The van der Waals surface area contributed by atoms with Gasteiger partial charge in [0, 0.05) is 0 Å². The molecule has 4 rings (SSSR count). The summed E-state index contributed by atoms with van der Waals surface area (Å²) >= 11 is 0. The number of halogens is 2. The van der Waals surface area contributed by atoms with E-state index in [2.05, 4.69) is 6.92 Å². The molecule has 2 aliphatic rings. The topological polar surface area (TPSA) is 23.8 Å². The third kappa shape index (κ3) is 3.54. The van der Waals surface area contributed by atoms with Crippen molar-refractivity contribution in [1.82, 2.24) is 0 Å². The van der Waals surface area contributed by atoms with Crippen LogP contribution in [0.15, 0.2) is 24.3 Å². The third-order valence-corrected chi connectivity index (χ3v) is 7.32. The van der Waals surface area contributed by atoms with E-state index in [4.69, 9.17) is 0 Å². The number of nitriles is 1. The fraction of sp³-hybridized carbons (Fsp3) is 0.560. The number of nitrogens with zero attached hydrogens (tertiary/aromatic N) is 1. The van der Waals surface area contributed by atoms with Gasteiger partial charge in [-0.05, 0) is 78.9 Å². The summed E-state index contributed by atoms with van der Waals surface area (Å²) in [5.74, 6) is 1.30. The van der Waals surface area contributed by atoms with Crippen LogP contribution in [-0.4, -0.2) is 0 Å². The SMILES string of the molecule is CCCC[C@@H]1CC[C@@H]2CC(c3cc4cccc(F)c4c(F)c3C#N)CCC2C1. The summed E-state index contributed by atoms with van der Waals surface area (Å²) in [6.07, 6.45) is 11.1. The van der Waals surface area contributed by atoms with Crippen LogP contribution in [0.5, 0.6) is 0 Å². The van der Waals surface area contributed by atoms with Crippen LogP contribution in [0.4, 0.5) is 8.78 Å². The fourth-order valence-corrected chi connectivity index (χ4v) is 5.84. The van der Waals surface area contributed by atoms with Crippen LogP contribution in [0.1, 0.15) is 81.8 Å². The quantitative estimate of drug-likeness (QED) is 0.538. The van der Waals surface area contributed by atoms with E-state index in [1.54, 1.807) is 12.1 Å². The Morgan fingerprint density at radius 1 is 1.07 bits per heavy atom. The van der Waals surface area contributed by atoms with E-state index in [1.807, 2.05) is 12.1 Å². The highest BCUT2D eigenvalue weighted by Gasteiger charge is 2.37. The Morgan fingerprint density at radius 2 is 1.86 bits per heavy atom. The van der Waals surface area contributed by atoms with Gasteiger partial charge in [0.25, 0.3) is 0 Å². The summed E-state index contributed by atoms with van der Waals surface area (Å²) in [5, 5.41) is 10.1. The standard InChI is InChI=1S/C25H29F2N/c1-2-3-5-16-8-9-18-13-19(11-10-17(18)12-16)21-14-20-6-4-7-23(26)24(20)25(27)22(21)15-28/h4,6-7,14,16-19H,2-3,5,8-13H2,1H3/t16-,17?,18-,19?/m1/s1. The number of fused-ring (bicyclic) bond motifs is 2. The molecule has 0 spiro atoms. The predicted octanol–water partition coefficient (Wildman–Crippen LogP) is 7.48. The summed E-state index contributed by atoms with van der Waals surface area (Å²) in [5.41, 5.74) is 0.849. The number of unbranched alkanes of at least 4 members (excludes halogenated alkanes) is 1. The zero-order valence-electron chi connectivity index (χ0n) is 16.7. The molecule has 2 aromatic rings. The molecule has 28 heavy (non-hydrogen) atoms. The molecule has 2 aromatic carbocycles. The van der Waals surface area contributed by atoms with Crippen molar-refractivity contribution >= 4 is 10.8 Å². The first-order valence-corrected chi connectivity index (χ1v) is 10.9. The Morgan fingerprint density at radius 3 is 2.64 bits per heavy atom. The van der Waals surface area contributed by atoms with Crippen molar-refractivity contribution < 1.29 is 8.78 Å². The summed E-state index contributed by atoms with van der Waals surface area (Å²) in [6, 6.07) is 8.53. The summed E-state index contributed by atoms with van der Waals surface area (Å²) in [6.45, 7) is 2.26. The highest BCUT2D eigenvalue weighted by molar-refractivity contribution is 5.86. The van der Waals surface area contributed by atoms with Gasteiger partial charge in [0.05, 0.1) is 10.9 Å². The molecule has 2 fully saturated rings. The first-order valence-electron chi connectivity index (χ1n) is 10.9. The Balaban J connectivity index is 1.58. The maximum absolute atomic E-state index is 15.0. The van der Waals surface area contributed by atoms with Crippen molar-refractivity contribution in [3.63, 3.8) is 0 Å². The van der Waals surface area contributed by atoms with Gasteiger partial charge in [-0.25, -0.2) is 8.78 Å². The molecule has 2 aliphatic carbocycles. The van der Waals surface area contributed by atoms with Crippen LogP contribution >= 0.6 is 0 Å². The first kappa shape index (κ1) is 19.4. The van der Waals surface area contributed by atoms with E-state index in [0.29, 0.717) is 11.3 Å². The number of hydrogen-bond donors (Lipinski definition) is 0. The molecule has 0 radical (unpaired) electrons. The molecule has 0 aromatic heterocycles. The molecule has 0 heterocycles. The molecule has 2 saturated carbocycles. The number of benzene rings is 2. The molecule has 0 amide bonds. The second-order valence-corrected chi connectivity index (χ2v) is 8.96. The molecule has 2 unspecified atom stereocenters. The lowest BCUT2D eigenvalue weighted by molar-refractivity contribution is 0.113. The number of hydrogen-bond acceptors (Lipinski definition) is 1. The van der Waals surface area contributed by atoms with Gasteiger partial charge in [0.15, 0.2) is 5.82 Å². The Labute approximate surface area is 166 Å². The van der Waals surface area contributed by atoms with Crippen LogP contribution in [-0.2, 0) is 0 Å². The van der Waals surface area contributed by atoms with E-state index in [1.165, 1.54) is 51.0 Å². The van der Waals surface area contributed by atoms with Crippen LogP contribution in [0.2, 0.25) is 0 Å². The van der Waals surface area contributed by atoms with Crippen molar-refractivity contribution in [2.24, 2.45) is 17.8 Å². The average Bonchev–Trinajstić information content (AvgIpc) is 2.71. The van der Waals surface area contributed by atoms with Crippen molar-refractivity contribution in [2.45, 2.75) is 70.6 Å². The molecule has 0 bridgehead atoms. The van der Waals surface area contributed by atoms with Crippen LogP contribution < -0.4 is 0 Å². The fourth-order valence-electron chi connectivity index (χ4n) is 5.84. The number of rotatable bonds is 4. The largest absolute Gasteiger partial charge is 0.206 e. The van der Waals surface area contributed by atoms with Crippen molar-refractivity contribution in [3.8, 4) is 6.07 Å². The lowest BCUT2D eigenvalue weighted by Crippen LogP contribution is -2.30. The van der Waals surface area contributed by atoms with Gasteiger partial charge >= 0.3 is 0 Å². The molecular weight excluding hydrogens is 352 g/mol. The van der Waals surface area contributed by atoms with Gasteiger partial charge in [-0.2, -0.15) is 5.26 Å². The van der Waals surface area contributed by atoms with Crippen molar-refractivity contribution in [2.75, 3.05) is 0 Å². The minimum atomic E-state index is -0.682. The molecule has 0 saturated heterocycles. The van der Waals surface area contributed by atoms with Gasteiger partial charge in [-0.3, -0.25) is 0 Å². The second-order valence-electron chi connectivity index (χ2n) is 8.96. The van der Waals surface area contributed by atoms with Gasteiger partial charge < -0.3 is 0 Å². The van der Waals surface area contributed by atoms with Gasteiger partial charge in [0.2, 0.25) is 0 Å². The Kier molecular flexibility index (Phi) is 5.67. The monoisotopic (exact) mass is 381 g/mol. The van der Waals surface area contributed by atoms with E-state index in [-0.39, 0.29) is 16.9 Å². The van der Waals surface area contributed by atoms with E-state index >= 15 is 0 Å². The van der Waals surface area contributed by atoms with Gasteiger partial charge in [0.1, 0.15) is 11.9 Å². The predicted molar refractivity (Wildman–Crippen MR) is 109 cm³/mol. The van der Waals surface area contributed by atoms with Crippen LogP contribution in [0, 0.1) is 40.7 Å². The minimum Gasteiger partial charge on any atom is -0.206 e. The molecule has 3 heteroatoms. The Bertz CT molecular complexity index is 898.